The van der Waals surface area contributed by atoms with Crippen molar-refractivity contribution in [2.75, 3.05) is 5.32 Å². The maximum absolute atomic E-state index is 13.7. The molecule has 0 spiro atoms. The van der Waals surface area contributed by atoms with Gasteiger partial charge in [0, 0.05) is 11.7 Å². The first-order chi connectivity index (χ1) is 7.52. The first-order valence-corrected chi connectivity index (χ1v) is 5.18. The molecule has 0 radical (unpaired) electrons. The molecule has 1 aliphatic rings. The van der Waals surface area contributed by atoms with Crippen LogP contribution in [-0.2, 0) is 0 Å². The maximum atomic E-state index is 13.7. The third kappa shape index (κ3) is 1.85. The molecule has 1 fully saturated rings. The van der Waals surface area contributed by atoms with E-state index in [1.165, 1.54) is 6.20 Å². The smallest absolute Gasteiger partial charge is 0.338 e. The van der Waals surface area contributed by atoms with Gasteiger partial charge in [-0.15, -0.1) is 0 Å². The van der Waals surface area contributed by atoms with Gasteiger partial charge < -0.3 is 10.4 Å². The molecule has 1 saturated carbocycles. The average molecular weight is 224 g/mol. The van der Waals surface area contributed by atoms with Gasteiger partial charge in [-0.2, -0.15) is 0 Å². The van der Waals surface area contributed by atoms with Crippen molar-refractivity contribution in [1.29, 1.82) is 0 Å². The highest BCUT2D eigenvalue weighted by atomic mass is 19.1. The number of carboxylic acids is 1. The first-order valence-electron chi connectivity index (χ1n) is 5.18. The van der Waals surface area contributed by atoms with E-state index in [1.807, 2.05) is 6.92 Å². The monoisotopic (exact) mass is 224 g/mol. The van der Waals surface area contributed by atoms with E-state index in [0.717, 1.165) is 25.3 Å². The number of aromatic nitrogens is 1. The van der Waals surface area contributed by atoms with Crippen LogP contribution in [0.15, 0.2) is 12.3 Å². The molecule has 1 heterocycles. The molecule has 0 bridgehead atoms. The van der Waals surface area contributed by atoms with Gasteiger partial charge in [0.1, 0.15) is 5.56 Å². The molecule has 16 heavy (non-hydrogen) atoms. The Balaban J connectivity index is 2.27. The Bertz CT molecular complexity index is 430. The molecule has 1 aromatic rings. The Kier molecular flexibility index (Phi) is 2.53. The molecule has 0 aliphatic heterocycles. The van der Waals surface area contributed by atoms with Crippen molar-refractivity contribution in [3.63, 3.8) is 0 Å². The molecule has 0 unspecified atom stereocenters. The minimum atomic E-state index is -1.28. The van der Waals surface area contributed by atoms with E-state index in [-0.39, 0.29) is 16.9 Å². The van der Waals surface area contributed by atoms with Crippen LogP contribution < -0.4 is 5.32 Å². The summed E-state index contributed by atoms with van der Waals surface area (Å²) < 4.78 is 13.7. The number of carbonyl (C=O) groups is 1. The molecular weight excluding hydrogens is 211 g/mol. The first kappa shape index (κ1) is 10.9. The van der Waals surface area contributed by atoms with Gasteiger partial charge in [-0.25, -0.2) is 14.2 Å². The van der Waals surface area contributed by atoms with Crippen LogP contribution in [0.1, 0.15) is 36.5 Å². The second-order valence-corrected chi connectivity index (χ2v) is 4.37. The summed E-state index contributed by atoms with van der Waals surface area (Å²) >= 11 is 0. The highest BCUT2D eigenvalue weighted by Crippen LogP contribution is 2.34. The second kappa shape index (κ2) is 3.73. The van der Waals surface area contributed by atoms with Gasteiger partial charge in [0.15, 0.2) is 11.6 Å². The summed E-state index contributed by atoms with van der Waals surface area (Å²) in [6.45, 7) is 1.98. The molecule has 1 aromatic heterocycles. The van der Waals surface area contributed by atoms with Gasteiger partial charge >= 0.3 is 5.97 Å². The number of anilines is 1. The Hall–Kier alpha value is -1.65. The zero-order chi connectivity index (χ0) is 11.8. The normalized spacial score (nSPS) is 17.6. The molecule has 2 rings (SSSR count). The van der Waals surface area contributed by atoms with Crippen molar-refractivity contribution >= 4 is 11.8 Å². The van der Waals surface area contributed by atoms with Crippen LogP contribution in [-0.4, -0.2) is 21.6 Å². The maximum Gasteiger partial charge on any atom is 0.338 e. The molecule has 0 atom stereocenters. The van der Waals surface area contributed by atoms with E-state index in [2.05, 4.69) is 10.3 Å². The molecule has 2 N–H and O–H groups in total. The van der Waals surface area contributed by atoms with E-state index in [1.54, 1.807) is 0 Å². The molecule has 86 valence electrons. The van der Waals surface area contributed by atoms with Crippen molar-refractivity contribution in [2.45, 2.75) is 31.7 Å². The number of hydrogen-bond donors (Lipinski definition) is 2. The minimum absolute atomic E-state index is 0.0297. The van der Waals surface area contributed by atoms with Crippen LogP contribution in [0.5, 0.6) is 0 Å². The highest BCUT2D eigenvalue weighted by molar-refractivity contribution is 5.88. The summed E-state index contributed by atoms with van der Waals surface area (Å²) in [5, 5.41) is 11.7. The van der Waals surface area contributed by atoms with E-state index in [9.17, 15) is 9.18 Å². The van der Waals surface area contributed by atoms with Crippen LogP contribution in [0.25, 0.3) is 0 Å². The van der Waals surface area contributed by atoms with E-state index < -0.39 is 11.8 Å². The van der Waals surface area contributed by atoms with Gasteiger partial charge in [0.05, 0.1) is 0 Å². The summed E-state index contributed by atoms with van der Waals surface area (Å²) in [4.78, 5) is 14.6. The fourth-order valence-electron chi connectivity index (χ4n) is 1.81. The van der Waals surface area contributed by atoms with Gasteiger partial charge in [-0.3, -0.25) is 0 Å². The Labute approximate surface area is 92.5 Å². The van der Waals surface area contributed by atoms with Gasteiger partial charge in [-0.1, -0.05) is 0 Å². The Morgan fingerprint density at radius 3 is 2.81 bits per heavy atom. The van der Waals surface area contributed by atoms with E-state index >= 15 is 0 Å². The fourth-order valence-corrected chi connectivity index (χ4v) is 1.81. The lowest BCUT2D eigenvalue weighted by molar-refractivity contribution is 0.0691. The number of rotatable bonds is 3. The zero-order valence-electron chi connectivity index (χ0n) is 8.96. The number of nitrogens with one attached hydrogen (secondary N) is 1. The van der Waals surface area contributed by atoms with Gasteiger partial charge in [-0.05, 0) is 32.3 Å². The van der Waals surface area contributed by atoms with Crippen LogP contribution in [0.4, 0.5) is 10.2 Å². The third-order valence-electron chi connectivity index (χ3n) is 3.00. The van der Waals surface area contributed by atoms with Crippen LogP contribution in [0.2, 0.25) is 0 Å². The number of halogens is 1. The minimum Gasteiger partial charge on any atom is -0.478 e. The third-order valence-corrected chi connectivity index (χ3v) is 3.00. The lowest BCUT2D eigenvalue weighted by Gasteiger charge is -2.39. The molecular formula is C11H13FN2O2. The molecule has 0 amide bonds. The summed E-state index contributed by atoms with van der Waals surface area (Å²) in [6.07, 6.45) is 4.30. The van der Waals surface area contributed by atoms with Crippen LogP contribution in [0.3, 0.4) is 0 Å². The fraction of sp³-hybridized carbons (Fsp3) is 0.455. The molecule has 1 aliphatic carbocycles. The van der Waals surface area contributed by atoms with Crippen molar-refractivity contribution in [3.8, 4) is 0 Å². The average Bonchev–Trinajstić information content (AvgIpc) is 2.18. The Morgan fingerprint density at radius 1 is 1.62 bits per heavy atom. The van der Waals surface area contributed by atoms with Crippen molar-refractivity contribution in [1.82, 2.24) is 4.98 Å². The van der Waals surface area contributed by atoms with Gasteiger partial charge in [0.25, 0.3) is 0 Å². The number of pyridine rings is 1. The van der Waals surface area contributed by atoms with Crippen molar-refractivity contribution in [3.05, 3.63) is 23.6 Å². The van der Waals surface area contributed by atoms with Crippen LogP contribution >= 0.6 is 0 Å². The summed E-state index contributed by atoms with van der Waals surface area (Å²) in [6, 6.07) is 1.16. The Morgan fingerprint density at radius 2 is 2.31 bits per heavy atom. The number of hydrogen-bond acceptors (Lipinski definition) is 3. The topological polar surface area (TPSA) is 62.2 Å². The number of nitrogens with zero attached hydrogens (tertiary/aromatic N) is 1. The second-order valence-electron chi connectivity index (χ2n) is 4.37. The largest absolute Gasteiger partial charge is 0.478 e. The summed E-state index contributed by atoms with van der Waals surface area (Å²) in [7, 11) is 0. The quantitative estimate of drug-likeness (QED) is 0.826. The molecule has 0 aromatic carbocycles. The van der Waals surface area contributed by atoms with E-state index in [0.29, 0.717) is 0 Å². The van der Waals surface area contributed by atoms with Crippen LogP contribution in [0, 0.1) is 5.82 Å². The molecule has 4 nitrogen and oxygen atoms in total. The van der Waals surface area contributed by atoms with Crippen molar-refractivity contribution in [2.24, 2.45) is 0 Å². The number of aromatic carboxylic acids is 1. The highest BCUT2D eigenvalue weighted by Gasteiger charge is 2.33. The molecule has 5 heteroatoms. The predicted molar refractivity (Wildman–Crippen MR) is 57.0 cm³/mol. The predicted octanol–water partition coefficient (Wildman–Crippen LogP) is 2.27. The lowest BCUT2D eigenvalue weighted by Crippen LogP contribution is -2.42. The molecule has 0 saturated heterocycles. The van der Waals surface area contributed by atoms with E-state index in [4.69, 9.17) is 5.11 Å². The number of carboxylic acid groups (broad SMARTS) is 1. The standard InChI is InChI=1S/C11H13FN2O2/c1-11(4-2-5-11)14-9-8(12)7(10(15)16)3-6-13-9/h3,6H,2,4-5H2,1H3,(H,13,14)(H,15,16). The SMILES string of the molecule is CC1(Nc2nccc(C(=O)O)c2F)CCC1. The summed E-state index contributed by atoms with van der Waals surface area (Å²) in [5.74, 6) is -2.04. The van der Waals surface area contributed by atoms with Crippen molar-refractivity contribution < 1.29 is 14.3 Å². The summed E-state index contributed by atoms with van der Waals surface area (Å²) in [5.41, 5.74) is -0.495. The zero-order valence-corrected chi connectivity index (χ0v) is 8.96. The van der Waals surface area contributed by atoms with Gasteiger partial charge in [0.2, 0.25) is 0 Å². The lowest BCUT2D eigenvalue weighted by atomic mass is 9.78.